The van der Waals surface area contributed by atoms with Crippen molar-refractivity contribution < 1.29 is 99.6 Å². The average Bonchev–Trinajstić information content (AvgIpc) is 2.82. The van der Waals surface area contributed by atoms with E-state index in [9.17, 15) is 40.5 Å². The molecule has 196 valence electrons. The Morgan fingerprint density at radius 1 is 0.850 bits per heavy atom. The van der Waals surface area contributed by atoms with E-state index in [1.165, 1.54) is 24.3 Å². The third kappa shape index (κ3) is 5.88. The standard InChI is InChI=1S/C22H17N4O9PS2.2Na/c23-14-10-13(37(30,31)32)7-11-8-19(38(33,34)35)21(22(27)20(11)14)26-25-12-5-6-16-18(9-12)36(28,29)17-4-2-1-3-15(17)24-16;;/h1-10,24,27H,23H2,(H,28,29)(H,30,31,32)(H,33,34,35);;/q;2*+1/p-2. The Morgan fingerprint density at radius 3 is 2.15 bits per heavy atom. The Bertz CT molecular complexity index is 1990. The zero-order chi connectivity index (χ0) is 27.6. The van der Waals surface area contributed by atoms with Crippen LogP contribution in [0.1, 0.15) is 0 Å². The predicted molar refractivity (Wildman–Crippen MR) is 135 cm³/mol. The van der Waals surface area contributed by atoms with Crippen molar-refractivity contribution in [1.29, 1.82) is 0 Å². The number of nitrogen functional groups attached to an aromatic ring is 1. The van der Waals surface area contributed by atoms with Crippen LogP contribution in [-0.4, -0.2) is 25.9 Å². The molecular formula is C22H15N4Na2O9PS2. The van der Waals surface area contributed by atoms with Crippen LogP contribution in [0.25, 0.3) is 10.8 Å². The van der Waals surface area contributed by atoms with Crippen LogP contribution in [0.5, 0.6) is 5.75 Å². The van der Waals surface area contributed by atoms with Gasteiger partial charge in [-0.1, -0.05) is 23.9 Å². The summed E-state index contributed by atoms with van der Waals surface area (Å²) in [6.45, 7) is 0. The molecule has 1 aliphatic heterocycles. The monoisotopic (exact) mass is 620 g/mol. The van der Waals surface area contributed by atoms with Gasteiger partial charge in [0.1, 0.15) is 4.90 Å². The van der Waals surface area contributed by atoms with Gasteiger partial charge in [0.25, 0.3) is 20.2 Å². The molecule has 1 unspecified atom stereocenters. The van der Waals surface area contributed by atoms with Crippen molar-refractivity contribution in [3.8, 4) is 5.75 Å². The van der Waals surface area contributed by atoms with E-state index in [4.69, 9.17) is 5.73 Å². The Kier molecular flexibility index (Phi) is 9.34. The first kappa shape index (κ1) is 32.7. The van der Waals surface area contributed by atoms with Gasteiger partial charge >= 0.3 is 59.1 Å². The first-order valence-electron chi connectivity index (χ1n) is 10.4. The summed E-state index contributed by atoms with van der Waals surface area (Å²) < 4.78 is 79.3. The largest absolute Gasteiger partial charge is 1.00 e. The molecule has 0 fully saturated rings. The summed E-state index contributed by atoms with van der Waals surface area (Å²) in [6, 6.07) is 12.6. The Balaban J connectivity index is 0.00000220. The molecule has 13 nitrogen and oxygen atoms in total. The van der Waals surface area contributed by atoms with Gasteiger partial charge in [0.2, 0.25) is 0 Å². The molecule has 0 amide bonds. The molecule has 0 aromatic heterocycles. The second kappa shape index (κ2) is 11.4. The van der Waals surface area contributed by atoms with Gasteiger partial charge in [0, 0.05) is 27.7 Å². The first-order valence-corrected chi connectivity index (χ1v) is 14.9. The molecule has 4 aromatic carbocycles. The number of nitrogens with one attached hydrogen (secondary N) is 1. The van der Waals surface area contributed by atoms with Crippen molar-refractivity contribution in [2.45, 2.75) is 9.79 Å². The molecule has 40 heavy (non-hydrogen) atoms. The van der Waals surface area contributed by atoms with E-state index in [2.05, 4.69) is 15.5 Å². The molecule has 0 aliphatic carbocycles. The SMILES string of the molecule is Nc1cc(S(=O)(=O)O)cc2cc(S(=O)(=O)O)c(N=Nc3ccc4c(c3)P(=O)([O-])c3ccccc3N4)c([O-])c12.[Na+].[Na+]. The van der Waals surface area contributed by atoms with E-state index < -0.39 is 54.5 Å². The Morgan fingerprint density at radius 2 is 1.50 bits per heavy atom. The van der Waals surface area contributed by atoms with Crippen molar-refractivity contribution in [3.63, 3.8) is 0 Å². The maximum absolute atomic E-state index is 13.1. The number of benzene rings is 4. The van der Waals surface area contributed by atoms with Gasteiger partial charge in [-0.15, -0.1) is 5.11 Å². The van der Waals surface area contributed by atoms with Gasteiger partial charge in [-0.25, -0.2) is 0 Å². The third-order valence-corrected chi connectivity index (χ3v) is 9.49. The number of fused-ring (bicyclic) bond motifs is 3. The van der Waals surface area contributed by atoms with E-state index >= 15 is 0 Å². The zero-order valence-corrected chi connectivity index (χ0v) is 27.3. The van der Waals surface area contributed by atoms with Crippen LogP contribution < -0.4 is 90.8 Å². The summed E-state index contributed by atoms with van der Waals surface area (Å²) in [4.78, 5) is 11.4. The summed E-state index contributed by atoms with van der Waals surface area (Å²) in [5, 5.41) is 23.0. The summed E-state index contributed by atoms with van der Waals surface area (Å²) in [7, 11) is -14.1. The minimum Gasteiger partial charge on any atom is -0.870 e. The van der Waals surface area contributed by atoms with Crippen LogP contribution in [-0.2, 0) is 24.8 Å². The molecule has 0 saturated heterocycles. The number of rotatable bonds is 4. The Hall–Kier alpha value is -1.85. The van der Waals surface area contributed by atoms with Crippen LogP contribution in [0.4, 0.5) is 28.4 Å². The molecule has 1 heterocycles. The molecule has 18 heteroatoms. The molecule has 5 N–H and O–H groups in total. The quantitative estimate of drug-likeness (QED) is 0.0565. The zero-order valence-electron chi connectivity index (χ0n) is 20.8. The molecular weight excluding hydrogens is 605 g/mol. The van der Waals surface area contributed by atoms with Gasteiger partial charge in [-0.3, -0.25) is 9.11 Å². The van der Waals surface area contributed by atoms with Crippen molar-refractivity contribution >= 4 is 77.4 Å². The molecule has 1 atom stereocenters. The van der Waals surface area contributed by atoms with E-state index in [-0.39, 0.29) is 91.9 Å². The van der Waals surface area contributed by atoms with Crippen molar-refractivity contribution in [1.82, 2.24) is 0 Å². The molecule has 0 radical (unpaired) electrons. The van der Waals surface area contributed by atoms with E-state index in [0.29, 0.717) is 5.69 Å². The summed E-state index contributed by atoms with van der Waals surface area (Å²) in [6.07, 6.45) is 0. The van der Waals surface area contributed by atoms with Crippen molar-refractivity contribution in [2.75, 3.05) is 11.1 Å². The molecule has 4 aromatic rings. The van der Waals surface area contributed by atoms with Crippen molar-refractivity contribution in [3.05, 3.63) is 60.7 Å². The number of nitrogens with zero attached hydrogens (tertiary/aromatic N) is 2. The second-order valence-electron chi connectivity index (χ2n) is 8.21. The third-order valence-electron chi connectivity index (χ3n) is 5.77. The number of anilines is 3. The van der Waals surface area contributed by atoms with Gasteiger partial charge < -0.3 is 25.6 Å². The van der Waals surface area contributed by atoms with Crippen LogP contribution in [0, 0.1) is 0 Å². The van der Waals surface area contributed by atoms with Crippen LogP contribution >= 0.6 is 7.37 Å². The normalized spacial score (nSPS) is 16.4. The molecule has 5 rings (SSSR count). The van der Waals surface area contributed by atoms with Crippen LogP contribution in [0.3, 0.4) is 0 Å². The van der Waals surface area contributed by atoms with Gasteiger partial charge in [0.15, 0.2) is 0 Å². The van der Waals surface area contributed by atoms with E-state index in [0.717, 1.165) is 18.2 Å². The van der Waals surface area contributed by atoms with Crippen molar-refractivity contribution in [2.24, 2.45) is 10.2 Å². The minimum atomic E-state index is -5.09. The number of hydrogen-bond acceptors (Lipinski definition) is 11. The second-order valence-corrected chi connectivity index (χ2v) is 13.1. The molecule has 1 aliphatic rings. The number of hydrogen-bond donors (Lipinski definition) is 4. The number of para-hydroxylation sites is 1. The smallest absolute Gasteiger partial charge is 0.870 e. The minimum absolute atomic E-state index is 0. The van der Waals surface area contributed by atoms with E-state index in [1.807, 2.05) is 0 Å². The number of nitrogens with two attached hydrogens (primary N) is 1. The molecule has 0 bridgehead atoms. The fraction of sp³-hybridized carbons (Fsp3) is 0. The van der Waals surface area contributed by atoms with Gasteiger partial charge in [-0.2, -0.15) is 21.9 Å². The molecule has 0 saturated carbocycles. The maximum Gasteiger partial charge on any atom is 1.00 e. The van der Waals surface area contributed by atoms with E-state index in [1.54, 1.807) is 18.2 Å². The summed E-state index contributed by atoms with van der Waals surface area (Å²) >= 11 is 0. The van der Waals surface area contributed by atoms with Crippen LogP contribution in [0.2, 0.25) is 0 Å². The van der Waals surface area contributed by atoms with Gasteiger partial charge in [-0.05, 0) is 53.2 Å². The maximum atomic E-state index is 13.1. The fourth-order valence-corrected chi connectivity index (χ4v) is 7.01. The first-order chi connectivity index (χ1) is 17.7. The predicted octanol–water partition coefficient (Wildman–Crippen LogP) is -3.94. The molecule has 0 spiro atoms. The van der Waals surface area contributed by atoms with Crippen LogP contribution in [0.15, 0.2) is 80.7 Å². The topological polar surface area (TPSA) is 235 Å². The number of azo groups is 1. The summed E-state index contributed by atoms with van der Waals surface area (Å²) in [5.41, 5.74) is 5.15. The summed E-state index contributed by atoms with van der Waals surface area (Å²) in [5.74, 6) is -1.11. The average molecular weight is 620 g/mol. The fourth-order valence-electron chi connectivity index (χ4n) is 4.07. The Labute approximate surface area is 272 Å². The van der Waals surface area contributed by atoms with Gasteiger partial charge in [0.05, 0.1) is 23.6 Å².